The molecule has 2 aromatic heterocycles. The van der Waals surface area contributed by atoms with Crippen LogP contribution >= 0.6 is 27.3 Å². The maximum Gasteiger partial charge on any atom is 0.268 e. The molecule has 3 N–H and O–H groups in total. The van der Waals surface area contributed by atoms with E-state index < -0.39 is 10.0 Å². The molecule has 0 unspecified atom stereocenters. The Labute approximate surface area is 109 Å². The zero-order chi connectivity index (χ0) is 12.5. The molecule has 0 bridgehead atoms. The van der Waals surface area contributed by atoms with Crippen LogP contribution in [0.1, 0.15) is 5.76 Å². The van der Waals surface area contributed by atoms with E-state index in [4.69, 9.17) is 10.2 Å². The van der Waals surface area contributed by atoms with Crippen molar-refractivity contribution < 1.29 is 12.8 Å². The third kappa shape index (κ3) is 2.65. The zero-order valence-corrected chi connectivity index (χ0v) is 11.5. The smallest absolute Gasteiger partial charge is 0.268 e. The van der Waals surface area contributed by atoms with Gasteiger partial charge in [0.25, 0.3) is 10.0 Å². The van der Waals surface area contributed by atoms with Gasteiger partial charge in [0.1, 0.15) is 16.2 Å². The highest BCUT2D eigenvalue weighted by atomic mass is 79.9. The number of halogens is 1. The number of hydrogen-bond donors (Lipinski definition) is 2. The second-order valence-corrected chi connectivity index (χ2v) is 6.11. The molecule has 0 aromatic carbocycles. The lowest BCUT2D eigenvalue weighted by Crippen LogP contribution is -2.12. The molecule has 0 aliphatic heterocycles. The summed E-state index contributed by atoms with van der Waals surface area (Å²) in [4.78, 5) is -0.0202. The van der Waals surface area contributed by atoms with E-state index in [2.05, 4.69) is 30.8 Å². The van der Waals surface area contributed by atoms with Crippen LogP contribution in [0, 0.1) is 0 Å². The van der Waals surface area contributed by atoms with Gasteiger partial charge in [-0.15, -0.1) is 10.2 Å². The summed E-state index contributed by atoms with van der Waals surface area (Å²) >= 11 is 4.10. The molecule has 7 nitrogen and oxygen atoms in total. The van der Waals surface area contributed by atoms with E-state index in [0.29, 0.717) is 5.76 Å². The fraction of sp³-hybridized carbons (Fsp3) is 0.143. The molecule has 17 heavy (non-hydrogen) atoms. The van der Waals surface area contributed by atoms with Crippen molar-refractivity contribution in [2.75, 3.05) is 4.72 Å². The number of furan rings is 1. The normalized spacial score (nSPS) is 11.6. The molecule has 0 aliphatic rings. The minimum atomic E-state index is -3.74. The van der Waals surface area contributed by atoms with Gasteiger partial charge in [-0.25, -0.2) is 8.42 Å². The summed E-state index contributed by atoms with van der Waals surface area (Å²) in [6, 6.07) is 1.35. The first kappa shape index (κ1) is 12.5. The second kappa shape index (κ2) is 4.72. The molecule has 0 saturated heterocycles. The number of rotatable bonds is 4. The zero-order valence-electron chi connectivity index (χ0n) is 8.25. The fourth-order valence-corrected chi connectivity index (χ4v) is 3.76. The van der Waals surface area contributed by atoms with Crippen molar-refractivity contribution in [3.8, 4) is 0 Å². The van der Waals surface area contributed by atoms with Gasteiger partial charge in [-0.1, -0.05) is 11.3 Å². The van der Waals surface area contributed by atoms with Gasteiger partial charge < -0.3 is 10.2 Å². The van der Waals surface area contributed by atoms with Crippen LogP contribution in [0.5, 0.6) is 0 Å². The average molecular weight is 339 g/mol. The quantitative estimate of drug-likeness (QED) is 0.864. The van der Waals surface area contributed by atoms with Gasteiger partial charge in [0.15, 0.2) is 4.67 Å². The summed E-state index contributed by atoms with van der Waals surface area (Å²) in [5.41, 5.74) is 6.79. The number of aromatic nitrogens is 2. The fourth-order valence-electron chi connectivity index (χ4n) is 1.07. The van der Waals surface area contributed by atoms with Gasteiger partial charge in [-0.3, -0.25) is 4.72 Å². The molecule has 2 aromatic rings. The topological polar surface area (TPSA) is 111 Å². The van der Waals surface area contributed by atoms with Crippen LogP contribution < -0.4 is 10.5 Å². The number of sulfonamides is 1. The molecule has 0 radical (unpaired) electrons. The van der Waals surface area contributed by atoms with Crippen LogP contribution in [-0.4, -0.2) is 18.6 Å². The first-order chi connectivity index (χ1) is 8.03. The molecular weight excluding hydrogens is 332 g/mol. The predicted octanol–water partition coefficient (Wildman–Crippen LogP) is 1.15. The van der Waals surface area contributed by atoms with E-state index in [1.54, 1.807) is 0 Å². The molecule has 2 rings (SSSR count). The van der Waals surface area contributed by atoms with Crippen LogP contribution in [0.4, 0.5) is 5.13 Å². The van der Waals surface area contributed by atoms with Crippen molar-refractivity contribution in [1.29, 1.82) is 0 Å². The van der Waals surface area contributed by atoms with Gasteiger partial charge in [-0.2, -0.15) is 0 Å². The predicted molar refractivity (Wildman–Crippen MR) is 65.0 cm³/mol. The van der Waals surface area contributed by atoms with Crippen molar-refractivity contribution in [3.05, 3.63) is 22.0 Å². The van der Waals surface area contributed by atoms with Crippen LogP contribution in [0.25, 0.3) is 0 Å². The SMILES string of the molecule is NCc1cc(S(=O)(=O)Nc2nncs2)c(Br)o1. The van der Waals surface area contributed by atoms with Gasteiger partial charge in [0.2, 0.25) is 5.13 Å². The van der Waals surface area contributed by atoms with Crippen LogP contribution in [0.15, 0.2) is 25.6 Å². The Morgan fingerprint density at radius 3 is 2.88 bits per heavy atom. The highest BCUT2D eigenvalue weighted by Crippen LogP contribution is 2.27. The Hall–Kier alpha value is -0.970. The van der Waals surface area contributed by atoms with E-state index >= 15 is 0 Å². The maximum absolute atomic E-state index is 11.9. The minimum absolute atomic E-state index is 0.0202. The van der Waals surface area contributed by atoms with Crippen LogP contribution in [0.3, 0.4) is 0 Å². The number of nitrogens with one attached hydrogen (secondary N) is 1. The second-order valence-electron chi connectivity index (χ2n) is 2.90. The summed E-state index contributed by atoms with van der Waals surface area (Å²) in [5, 5.41) is 7.31. The van der Waals surface area contributed by atoms with E-state index in [9.17, 15) is 8.42 Å². The number of hydrogen-bond acceptors (Lipinski definition) is 7. The number of nitrogens with zero attached hydrogens (tertiary/aromatic N) is 2. The van der Waals surface area contributed by atoms with E-state index in [1.807, 2.05) is 0 Å². The Kier molecular flexibility index (Phi) is 3.47. The highest BCUT2D eigenvalue weighted by Gasteiger charge is 2.23. The molecule has 2 heterocycles. The summed E-state index contributed by atoms with van der Waals surface area (Å²) < 4.78 is 31.4. The summed E-state index contributed by atoms with van der Waals surface area (Å²) in [5.74, 6) is 0.370. The lowest BCUT2D eigenvalue weighted by molar-refractivity contribution is 0.484. The van der Waals surface area contributed by atoms with Gasteiger partial charge in [-0.05, 0) is 15.9 Å². The third-order valence-electron chi connectivity index (χ3n) is 1.78. The summed E-state index contributed by atoms with van der Waals surface area (Å²) in [7, 11) is -3.74. The van der Waals surface area contributed by atoms with Crippen molar-refractivity contribution in [2.45, 2.75) is 11.4 Å². The molecule has 92 valence electrons. The first-order valence-corrected chi connectivity index (χ1v) is 7.46. The standard InChI is InChI=1S/C7H7BrN4O3S2/c8-6-5(1-4(2-9)15-6)17(13,14)12-7-11-10-3-16-7/h1,3H,2,9H2,(H,11,12). The van der Waals surface area contributed by atoms with Gasteiger partial charge >= 0.3 is 0 Å². The monoisotopic (exact) mass is 338 g/mol. The third-order valence-corrected chi connectivity index (χ3v) is 4.71. The highest BCUT2D eigenvalue weighted by molar-refractivity contribution is 9.10. The van der Waals surface area contributed by atoms with Crippen molar-refractivity contribution in [2.24, 2.45) is 5.73 Å². The van der Waals surface area contributed by atoms with Crippen molar-refractivity contribution in [1.82, 2.24) is 10.2 Å². The Morgan fingerprint density at radius 2 is 2.35 bits per heavy atom. The number of anilines is 1. The summed E-state index contributed by atoms with van der Waals surface area (Å²) in [6.07, 6.45) is 0. The van der Waals surface area contributed by atoms with E-state index in [1.165, 1.54) is 11.6 Å². The maximum atomic E-state index is 11.9. The Morgan fingerprint density at radius 1 is 1.59 bits per heavy atom. The lowest BCUT2D eigenvalue weighted by atomic mass is 10.5. The molecule has 0 aliphatic carbocycles. The Balaban J connectivity index is 2.34. The van der Waals surface area contributed by atoms with Gasteiger partial charge in [0, 0.05) is 6.07 Å². The van der Waals surface area contributed by atoms with Crippen molar-refractivity contribution >= 4 is 42.4 Å². The van der Waals surface area contributed by atoms with Crippen molar-refractivity contribution in [3.63, 3.8) is 0 Å². The molecule has 0 fully saturated rings. The van der Waals surface area contributed by atoms with Crippen LogP contribution in [-0.2, 0) is 16.6 Å². The lowest BCUT2D eigenvalue weighted by Gasteiger charge is -2.01. The number of nitrogens with two attached hydrogens (primary N) is 1. The molecule has 0 saturated carbocycles. The average Bonchev–Trinajstić information content (AvgIpc) is 2.86. The van der Waals surface area contributed by atoms with Gasteiger partial charge in [0.05, 0.1) is 6.54 Å². The van der Waals surface area contributed by atoms with Crippen LogP contribution in [0.2, 0.25) is 0 Å². The first-order valence-electron chi connectivity index (χ1n) is 4.30. The van der Waals surface area contributed by atoms with E-state index in [0.717, 1.165) is 11.3 Å². The molecule has 0 amide bonds. The minimum Gasteiger partial charge on any atom is -0.452 e. The summed E-state index contributed by atoms with van der Waals surface area (Å²) in [6.45, 7) is 0.118. The van der Waals surface area contributed by atoms with E-state index in [-0.39, 0.29) is 21.2 Å². The largest absolute Gasteiger partial charge is 0.452 e. The molecule has 0 spiro atoms. The molecule has 0 atom stereocenters. The Bertz CT molecular complexity index is 607. The molecular formula is C7H7BrN4O3S2. The molecule has 10 heteroatoms.